The van der Waals surface area contributed by atoms with Crippen LogP contribution in [0.5, 0.6) is 0 Å². The maximum Gasteiger partial charge on any atom is 0.269 e. The second-order valence-corrected chi connectivity index (χ2v) is 4.28. The number of rotatable bonds is 4. The number of hydrogen-bond acceptors (Lipinski definition) is 6. The van der Waals surface area contributed by atoms with Crippen LogP contribution in [0.4, 0.5) is 5.69 Å². The fourth-order valence-corrected chi connectivity index (χ4v) is 1.79. The van der Waals surface area contributed by atoms with Crippen molar-refractivity contribution in [2.24, 2.45) is 0 Å². The van der Waals surface area contributed by atoms with Crippen LogP contribution in [0.15, 0.2) is 24.3 Å². The van der Waals surface area contributed by atoms with E-state index >= 15 is 0 Å². The molecule has 18 heavy (non-hydrogen) atoms. The van der Waals surface area contributed by atoms with Gasteiger partial charge in [-0.3, -0.25) is 15.4 Å². The van der Waals surface area contributed by atoms with Crippen molar-refractivity contribution in [2.75, 3.05) is 19.8 Å². The molecule has 1 heterocycles. The molecule has 0 aromatic heterocycles. The van der Waals surface area contributed by atoms with Gasteiger partial charge in [-0.05, 0) is 17.7 Å². The minimum Gasteiger partial charge on any atom is -0.394 e. The summed E-state index contributed by atoms with van der Waals surface area (Å²) in [5, 5.41) is 31.9. The number of non-ortho nitro benzene ring substituents is 1. The number of nitrogens with zero attached hydrogens (tertiary/aromatic N) is 1. The Morgan fingerprint density at radius 3 is 2.44 bits per heavy atom. The number of ether oxygens (including phenoxy) is 1. The van der Waals surface area contributed by atoms with Gasteiger partial charge in [0.25, 0.3) is 5.69 Å². The van der Waals surface area contributed by atoms with Crippen LogP contribution in [0.3, 0.4) is 0 Å². The van der Waals surface area contributed by atoms with Crippen LogP contribution in [0, 0.1) is 10.1 Å². The van der Waals surface area contributed by atoms with Crippen molar-refractivity contribution in [1.29, 1.82) is 0 Å². The Labute approximate surface area is 103 Å². The molecule has 1 aliphatic rings. The Balaban J connectivity index is 2.12. The smallest absolute Gasteiger partial charge is 0.269 e. The summed E-state index contributed by atoms with van der Waals surface area (Å²) in [6.45, 7) is -0.304. The maximum absolute atomic E-state index is 10.5. The molecule has 98 valence electrons. The summed E-state index contributed by atoms with van der Waals surface area (Å²) in [6, 6.07) is 5.94. The Kier molecular flexibility index (Phi) is 3.58. The molecule has 1 aliphatic heterocycles. The second kappa shape index (κ2) is 4.99. The topological polar surface area (TPSA) is 105 Å². The molecule has 1 aromatic rings. The first-order valence-corrected chi connectivity index (χ1v) is 5.45. The number of nitro groups is 1. The number of nitro benzene ring substituents is 1. The molecular weight excluding hydrogens is 240 g/mol. The molecule has 0 spiro atoms. The SMILES string of the molecule is O=[N+]([O-])c1ccc(C2NC(CO)(CO)CO2)cc1. The van der Waals surface area contributed by atoms with Gasteiger partial charge in [0, 0.05) is 12.1 Å². The van der Waals surface area contributed by atoms with Gasteiger partial charge in [-0.15, -0.1) is 0 Å². The van der Waals surface area contributed by atoms with Crippen molar-refractivity contribution in [3.63, 3.8) is 0 Å². The monoisotopic (exact) mass is 254 g/mol. The lowest BCUT2D eigenvalue weighted by molar-refractivity contribution is -0.384. The van der Waals surface area contributed by atoms with Crippen LogP contribution in [0.1, 0.15) is 11.8 Å². The van der Waals surface area contributed by atoms with E-state index in [1.807, 2.05) is 0 Å². The molecule has 1 saturated heterocycles. The van der Waals surface area contributed by atoms with Gasteiger partial charge >= 0.3 is 0 Å². The fourth-order valence-electron chi connectivity index (χ4n) is 1.79. The lowest BCUT2D eigenvalue weighted by Crippen LogP contribution is -2.49. The molecule has 0 amide bonds. The number of benzene rings is 1. The van der Waals surface area contributed by atoms with Crippen LogP contribution in [-0.4, -0.2) is 40.5 Å². The van der Waals surface area contributed by atoms with E-state index in [-0.39, 0.29) is 25.5 Å². The van der Waals surface area contributed by atoms with Crippen LogP contribution in [0.25, 0.3) is 0 Å². The molecule has 7 heteroatoms. The highest BCUT2D eigenvalue weighted by Gasteiger charge is 2.39. The van der Waals surface area contributed by atoms with E-state index in [9.17, 15) is 20.3 Å². The molecular formula is C11H14N2O5. The zero-order valence-corrected chi connectivity index (χ0v) is 9.57. The molecule has 0 aliphatic carbocycles. The Morgan fingerprint density at radius 2 is 2.00 bits per heavy atom. The molecule has 0 bridgehead atoms. The van der Waals surface area contributed by atoms with E-state index in [1.54, 1.807) is 12.1 Å². The molecule has 1 unspecified atom stereocenters. The van der Waals surface area contributed by atoms with Crippen molar-refractivity contribution >= 4 is 5.69 Å². The van der Waals surface area contributed by atoms with Crippen molar-refractivity contribution in [3.8, 4) is 0 Å². The van der Waals surface area contributed by atoms with Crippen LogP contribution >= 0.6 is 0 Å². The molecule has 2 rings (SSSR count). The first-order valence-electron chi connectivity index (χ1n) is 5.45. The van der Waals surface area contributed by atoms with Crippen LogP contribution in [0.2, 0.25) is 0 Å². The van der Waals surface area contributed by atoms with Gasteiger partial charge in [0.2, 0.25) is 0 Å². The Hall–Kier alpha value is -1.54. The predicted octanol–water partition coefficient (Wildman–Crippen LogP) is -0.0634. The van der Waals surface area contributed by atoms with E-state index in [2.05, 4.69) is 5.32 Å². The quantitative estimate of drug-likeness (QED) is 0.513. The van der Waals surface area contributed by atoms with E-state index in [0.717, 1.165) is 0 Å². The highest BCUT2D eigenvalue weighted by molar-refractivity contribution is 5.34. The number of nitrogens with one attached hydrogen (secondary N) is 1. The standard InChI is InChI=1S/C11H14N2O5/c14-5-11(6-15)7-18-10(12-11)8-1-3-9(4-2-8)13(16)17/h1-4,10,12,14-15H,5-7H2. The fraction of sp³-hybridized carbons (Fsp3) is 0.455. The zero-order valence-electron chi connectivity index (χ0n) is 9.57. The lowest BCUT2D eigenvalue weighted by atomic mass is 10.0. The number of hydrogen-bond donors (Lipinski definition) is 3. The Morgan fingerprint density at radius 1 is 1.39 bits per heavy atom. The molecule has 3 N–H and O–H groups in total. The van der Waals surface area contributed by atoms with Crippen LogP contribution < -0.4 is 5.32 Å². The minimum absolute atomic E-state index is 0.00678. The summed E-state index contributed by atoms with van der Waals surface area (Å²) >= 11 is 0. The summed E-state index contributed by atoms with van der Waals surface area (Å²) in [4.78, 5) is 10.0. The average molecular weight is 254 g/mol. The minimum atomic E-state index is -0.855. The van der Waals surface area contributed by atoms with E-state index < -0.39 is 16.7 Å². The summed E-state index contributed by atoms with van der Waals surface area (Å²) in [5.41, 5.74) is -0.136. The first-order chi connectivity index (χ1) is 8.60. The third-order valence-electron chi connectivity index (χ3n) is 2.98. The van der Waals surface area contributed by atoms with Crippen molar-refractivity contribution in [3.05, 3.63) is 39.9 Å². The second-order valence-electron chi connectivity index (χ2n) is 4.28. The van der Waals surface area contributed by atoms with Crippen molar-refractivity contribution in [2.45, 2.75) is 11.8 Å². The average Bonchev–Trinajstić information content (AvgIpc) is 2.84. The normalized spacial score (nSPS) is 22.0. The molecule has 1 atom stereocenters. The highest BCUT2D eigenvalue weighted by atomic mass is 16.6. The molecule has 7 nitrogen and oxygen atoms in total. The Bertz CT molecular complexity index is 430. The third kappa shape index (κ3) is 2.34. The summed E-state index contributed by atoms with van der Waals surface area (Å²) in [5.74, 6) is 0. The largest absolute Gasteiger partial charge is 0.394 e. The number of aliphatic hydroxyl groups excluding tert-OH is 2. The molecule has 0 radical (unpaired) electrons. The first kappa shape index (κ1) is 12.9. The van der Waals surface area contributed by atoms with Gasteiger partial charge < -0.3 is 14.9 Å². The molecule has 1 aromatic carbocycles. The lowest BCUT2D eigenvalue weighted by Gasteiger charge is -2.23. The summed E-state index contributed by atoms with van der Waals surface area (Å²) in [6.07, 6.45) is -0.481. The number of aliphatic hydroxyl groups is 2. The van der Waals surface area contributed by atoms with E-state index in [4.69, 9.17) is 4.74 Å². The van der Waals surface area contributed by atoms with Gasteiger partial charge in [0.15, 0.2) is 0 Å². The van der Waals surface area contributed by atoms with Gasteiger partial charge in [-0.2, -0.15) is 0 Å². The predicted molar refractivity (Wildman–Crippen MR) is 61.8 cm³/mol. The van der Waals surface area contributed by atoms with Gasteiger partial charge in [0.05, 0.1) is 30.3 Å². The van der Waals surface area contributed by atoms with Gasteiger partial charge in [0.1, 0.15) is 6.23 Å². The summed E-state index contributed by atoms with van der Waals surface area (Å²) in [7, 11) is 0. The maximum atomic E-state index is 10.5. The van der Waals surface area contributed by atoms with E-state index in [1.165, 1.54) is 12.1 Å². The molecule has 1 fully saturated rings. The van der Waals surface area contributed by atoms with Crippen molar-refractivity contribution < 1.29 is 19.9 Å². The van der Waals surface area contributed by atoms with Gasteiger partial charge in [-0.1, -0.05) is 0 Å². The summed E-state index contributed by atoms with van der Waals surface area (Å²) < 4.78 is 5.44. The van der Waals surface area contributed by atoms with E-state index in [0.29, 0.717) is 5.56 Å². The van der Waals surface area contributed by atoms with Crippen molar-refractivity contribution in [1.82, 2.24) is 5.32 Å². The third-order valence-corrected chi connectivity index (χ3v) is 2.98. The van der Waals surface area contributed by atoms with Gasteiger partial charge in [-0.25, -0.2) is 0 Å². The highest BCUT2D eigenvalue weighted by Crippen LogP contribution is 2.27. The zero-order chi connectivity index (χ0) is 13.2. The van der Waals surface area contributed by atoms with Crippen LogP contribution in [-0.2, 0) is 4.74 Å². The molecule has 0 saturated carbocycles.